The van der Waals surface area contributed by atoms with Gasteiger partial charge < -0.3 is 10.5 Å². The first kappa shape index (κ1) is 16.5. The topological polar surface area (TPSA) is 64.4 Å². The molecule has 0 radical (unpaired) electrons. The number of ether oxygens (including phenoxy) is 1. The lowest BCUT2D eigenvalue weighted by molar-refractivity contribution is -0.120. The van der Waals surface area contributed by atoms with E-state index in [-0.39, 0.29) is 0 Å². The van der Waals surface area contributed by atoms with Crippen LogP contribution in [0, 0.1) is 0 Å². The van der Waals surface area contributed by atoms with E-state index in [2.05, 4.69) is 5.32 Å². The Morgan fingerprint density at radius 1 is 1.14 bits per heavy atom. The number of benzene rings is 2. The van der Waals surface area contributed by atoms with Crippen molar-refractivity contribution in [1.29, 1.82) is 0 Å². The van der Waals surface area contributed by atoms with E-state index >= 15 is 0 Å². The molecule has 2 rings (SSSR count). The maximum atomic E-state index is 11.5. The fraction of sp³-hybridized carbons (Fsp3) is 0.235. The summed E-state index contributed by atoms with van der Waals surface area (Å²) in [6.07, 6.45) is 0. The Bertz CT molecular complexity index is 605. The van der Waals surface area contributed by atoms with Crippen molar-refractivity contribution >= 4 is 17.5 Å². The fourth-order valence-corrected chi connectivity index (χ4v) is 2.29. The van der Waals surface area contributed by atoms with Crippen molar-refractivity contribution in [2.45, 2.75) is 12.6 Å². The fourth-order valence-electron chi connectivity index (χ4n) is 2.10. The number of primary amides is 1. The summed E-state index contributed by atoms with van der Waals surface area (Å²) < 4.78 is 5.57. The lowest BCUT2D eigenvalue weighted by Crippen LogP contribution is -2.35. The number of halogens is 1. The second-order valence-electron chi connectivity index (χ2n) is 4.84. The molecule has 0 aliphatic carbocycles. The number of amides is 1. The molecular weight excluding hydrogens is 300 g/mol. The van der Waals surface area contributed by atoms with E-state index in [9.17, 15) is 4.79 Å². The summed E-state index contributed by atoms with van der Waals surface area (Å²) in [5, 5.41) is 3.79. The number of carbonyl (C=O) groups excluding carboxylic acids is 1. The van der Waals surface area contributed by atoms with Crippen LogP contribution in [-0.4, -0.2) is 19.1 Å². The van der Waals surface area contributed by atoms with Crippen molar-refractivity contribution in [3.05, 3.63) is 70.7 Å². The smallest absolute Gasteiger partial charge is 0.239 e. The Balaban J connectivity index is 1.77. The van der Waals surface area contributed by atoms with Gasteiger partial charge in [-0.15, -0.1) is 0 Å². The molecular formula is C17H19ClN2O2. The van der Waals surface area contributed by atoms with E-state index < -0.39 is 11.9 Å². The number of hydrogen-bond acceptors (Lipinski definition) is 3. The molecule has 0 bridgehead atoms. The first-order chi connectivity index (χ1) is 10.7. The third-order valence-electron chi connectivity index (χ3n) is 3.23. The van der Waals surface area contributed by atoms with Crippen molar-refractivity contribution in [2.75, 3.05) is 13.2 Å². The average molecular weight is 319 g/mol. The average Bonchev–Trinajstić information content (AvgIpc) is 2.53. The number of rotatable bonds is 8. The van der Waals surface area contributed by atoms with Gasteiger partial charge in [-0.3, -0.25) is 10.1 Å². The zero-order valence-electron chi connectivity index (χ0n) is 12.2. The summed E-state index contributed by atoms with van der Waals surface area (Å²) >= 11 is 6.05. The molecule has 3 N–H and O–H groups in total. The van der Waals surface area contributed by atoms with Crippen LogP contribution in [0.25, 0.3) is 0 Å². The molecule has 22 heavy (non-hydrogen) atoms. The van der Waals surface area contributed by atoms with Crippen molar-refractivity contribution in [2.24, 2.45) is 5.73 Å². The minimum Gasteiger partial charge on any atom is -0.375 e. The normalized spacial score (nSPS) is 12.0. The van der Waals surface area contributed by atoms with Crippen LogP contribution >= 0.6 is 11.6 Å². The summed E-state index contributed by atoms with van der Waals surface area (Å²) in [4.78, 5) is 11.5. The van der Waals surface area contributed by atoms with Gasteiger partial charge in [0.15, 0.2) is 0 Å². The van der Waals surface area contributed by atoms with Crippen molar-refractivity contribution < 1.29 is 9.53 Å². The maximum Gasteiger partial charge on any atom is 0.239 e. The molecule has 0 fully saturated rings. The Kier molecular flexibility index (Phi) is 6.40. The largest absolute Gasteiger partial charge is 0.375 e. The molecule has 1 atom stereocenters. The molecule has 0 heterocycles. The first-order valence-electron chi connectivity index (χ1n) is 7.07. The molecule has 2 aromatic rings. The number of carbonyl (C=O) groups is 1. The Hall–Kier alpha value is -1.88. The summed E-state index contributed by atoms with van der Waals surface area (Å²) in [6.45, 7) is 1.42. The standard InChI is InChI=1S/C17H19ClN2O2/c18-15-9-5-4-8-14(15)12-22-11-10-20-16(17(19)21)13-6-2-1-3-7-13/h1-9,16,20H,10-12H2,(H2,19,21)/t16-/m0/s1. The molecule has 4 nitrogen and oxygen atoms in total. The van der Waals surface area contributed by atoms with Gasteiger partial charge in [0.25, 0.3) is 0 Å². The second kappa shape index (κ2) is 8.54. The molecule has 5 heteroatoms. The van der Waals surface area contributed by atoms with E-state index in [1.807, 2.05) is 54.6 Å². The second-order valence-corrected chi connectivity index (χ2v) is 5.25. The van der Waals surface area contributed by atoms with Gasteiger partial charge in [0, 0.05) is 11.6 Å². The number of hydrogen-bond donors (Lipinski definition) is 2. The monoisotopic (exact) mass is 318 g/mol. The van der Waals surface area contributed by atoms with Gasteiger partial charge in [-0.25, -0.2) is 0 Å². The quantitative estimate of drug-likeness (QED) is 0.735. The zero-order valence-corrected chi connectivity index (χ0v) is 12.9. The maximum absolute atomic E-state index is 11.5. The minimum atomic E-state index is -0.509. The highest BCUT2D eigenvalue weighted by molar-refractivity contribution is 6.31. The Morgan fingerprint density at radius 2 is 1.82 bits per heavy atom. The highest BCUT2D eigenvalue weighted by Crippen LogP contribution is 2.15. The van der Waals surface area contributed by atoms with Gasteiger partial charge in [-0.2, -0.15) is 0 Å². The van der Waals surface area contributed by atoms with Crippen molar-refractivity contribution in [1.82, 2.24) is 5.32 Å². The molecule has 1 amide bonds. The Morgan fingerprint density at radius 3 is 2.50 bits per heavy atom. The van der Waals surface area contributed by atoms with Crippen molar-refractivity contribution in [3.63, 3.8) is 0 Å². The molecule has 0 saturated carbocycles. The van der Waals surface area contributed by atoms with Gasteiger partial charge in [0.05, 0.1) is 13.2 Å². The van der Waals surface area contributed by atoms with Crippen LogP contribution in [0.2, 0.25) is 5.02 Å². The lowest BCUT2D eigenvalue weighted by Gasteiger charge is -2.16. The molecule has 0 spiro atoms. The molecule has 0 aromatic heterocycles. The molecule has 116 valence electrons. The van der Waals surface area contributed by atoms with Crippen LogP contribution in [0.3, 0.4) is 0 Å². The highest BCUT2D eigenvalue weighted by Gasteiger charge is 2.16. The summed E-state index contributed by atoms with van der Waals surface area (Å²) in [6, 6.07) is 16.4. The summed E-state index contributed by atoms with van der Waals surface area (Å²) in [5.41, 5.74) is 7.23. The van der Waals surface area contributed by atoms with Gasteiger partial charge >= 0.3 is 0 Å². The van der Waals surface area contributed by atoms with Crippen LogP contribution in [0.4, 0.5) is 0 Å². The van der Waals surface area contributed by atoms with Crippen LogP contribution in [0.15, 0.2) is 54.6 Å². The predicted molar refractivity (Wildman–Crippen MR) is 87.5 cm³/mol. The van der Waals surface area contributed by atoms with Crippen LogP contribution in [-0.2, 0) is 16.1 Å². The number of nitrogens with two attached hydrogens (primary N) is 1. The van der Waals surface area contributed by atoms with Gasteiger partial charge in [0.1, 0.15) is 6.04 Å². The Labute approximate surface area is 135 Å². The molecule has 0 aliphatic heterocycles. The SMILES string of the molecule is NC(=O)[C@@H](NCCOCc1ccccc1Cl)c1ccccc1. The predicted octanol–water partition coefficient (Wildman–Crippen LogP) is 2.67. The van der Waals surface area contributed by atoms with Crippen molar-refractivity contribution in [3.8, 4) is 0 Å². The lowest BCUT2D eigenvalue weighted by atomic mass is 10.1. The number of nitrogens with one attached hydrogen (secondary N) is 1. The highest BCUT2D eigenvalue weighted by atomic mass is 35.5. The third kappa shape index (κ3) is 4.84. The van der Waals surface area contributed by atoms with Crippen LogP contribution in [0.5, 0.6) is 0 Å². The molecule has 0 unspecified atom stereocenters. The van der Waals surface area contributed by atoms with Gasteiger partial charge in [-0.05, 0) is 17.2 Å². The third-order valence-corrected chi connectivity index (χ3v) is 3.60. The van der Waals surface area contributed by atoms with E-state index in [1.54, 1.807) is 0 Å². The van der Waals surface area contributed by atoms with Gasteiger partial charge in [-0.1, -0.05) is 60.1 Å². The molecule has 0 saturated heterocycles. The van der Waals surface area contributed by atoms with Crippen LogP contribution < -0.4 is 11.1 Å². The first-order valence-corrected chi connectivity index (χ1v) is 7.45. The van der Waals surface area contributed by atoms with E-state index in [0.717, 1.165) is 11.1 Å². The van der Waals surface area contributed by atoms with E-state index in [0.29, 0.717) is 24.8 Å². The van der Waals surface area contributed by atoms with E-state index in [1.165, 1.54) is 0 Å². The minimum absolute atomic E-state index is 0.405. The summed E-state index contributed by atoms with van der Waals surface area (Å²) in [7, 11) is 0. The summed E-state index contributed by atoms with van der Waals surface area (Å²) in [5.74, 6) is -0.405. The van der Waals surface area contributed by atoms with Crippen LogP contribution in [0.1, 0.15) is 17.2 Å². The van der Waals surface area contributed by atoms with E-state index in [4.69, 9.17) is 22.1 Å². The molecule has 2 aromatic carbocycles. The molecule has 0 aliphatic rings. The zero-order chi connectivity index (χ0) is 15.8. The van der Waals surface area contributed by atoms with Gasteiger partial charge in [0.2, 0.25) is 5.91 Å².